The monoisotopic (exact) mass is 495 g/mol. The predicted molar refractivity (Wildman–Crippen MR) is 136 cm³/mol. The quantitative estimate of drug-likeness (QED) is 0.286. The molecule has 2 aromatic carbocycles. The molecular weight excluding hydrogens is 458 g/mol. The first kappa shape index (κ1) is 27.2. The van der Waals surface area contributed by atoms with E-state index in [0.717, 1.165) is 43.2 Å². The van der Waals surface area contributed by atoms with Crippen LogP contribution in [-0.2, 0) is 20.0 Å². The van der Waals surface area contributed by atoms with Crippen molar-refractivity contribution < 1.29 is 21.6 Å². The molecule has 0 radical (unpaired) electrons. The molecule has 0 saturated carbocycles. The summed E-state index contributed by atoms with van der Waals surface area (Å²) in [5.41, 5.74) is 2.23. The van der Waals surface area contributed by atoms with Gasteiger partial charge in [0.25, 0.3) is 0 Å². The molecule has 0 spiro atoms. The van der Waals surface area contributed by atoms with Gasteiger partial charge in [0.15, 0.2) is 0 Å². The van der Waals surface area contributed by atoms with Gasteiger partial charge >= 0.3 is 0 Å². The minimum atomic E-state index is -4.03. The third-order valence-electron chi connectivity index (χ3n) is 5.60. The fourth-order valence-electron chi connectivity index (χ4n) is 3.50. The first-order valence-corrected chi connectivity index (χ1v) is 14.9. The highest BCUT2D eigenvalue weighted by molar-refractivity contribution is 8.10. The maximum absolute atomic E-state index is 13.1. The van der Waals surface area contributed by atoms with Crippen LogP contribution in [0, 0.1) is 13.8 Å². The Bertz CT molecular complexity index is 1090. The molecule has 0 fully saturated rings. The second-order valence-electron chi connectivity index (χ2n) is 8.39. The Morgan fingerprint density at radius 3 is 1.85 bits per heavy atom. The van der Waals surface area contributed by atoms with Gasteiger partial charge in [-0.15, -0.1) is 0 Å². The van der Waals surface area contributed by atoms with Crippen LogP contribution in [0.3, 0.4) is 0 Å². The minimum Gasteiger partial charge on any atom is -0.457 e. The molecule has 6 nitrogen and oxygen atoms in total. The topological polar surface area (TPSA) is 80.8 Å². The van der Waals surface area contributed by atoms with Crippen LogP contribution in [0.5, 0.6) is 11.5 Å². The fraction of sp³-hybridized carbons (Fsp3) is 0.520. The molecule has 0 aliphatic heterocycles. The van der Waals surface area contributed by atoms with E-state index >= 15 is 0 Å². The lowest BCUT2D eigenvalue weighted by atomic mass is 10.1. The van der Waals surface area contributed by atoms with E-state index in [2.05, 4.69) is 0 Å². The van der Waals surface area contributed by atoms with Gasteiger partial charge < -0.3 is 4.74 Å². The highest BCUT2D eigenvalue weighted by Crippen LogP contribution is 2.30. The molecule has 0 bridgehead atoms. The molecule has 0 unspecified atom stereocenters. The zero-order chi connectivity index (χ0) is 24.5. The Kier molecular flexibility index (Phi) is 10.2. The van der Waals surface area contributed by atoms with Crippen LogP contribution in [0.1, 0.15) is 69.9 Å². The van der Waals surface area contributed by atoms with Gasteiger partial charge in [-0.3, -0.25) is 0 Å². The SMILES string of the molecule is CCCCCCS(=O)(=O)N(c1ccc(Oc2cccc(C)c2C)cc1)S(=O)(=O)CCCCC. The van der Waals surface area contributed by atoms with Gasteiger partial charge in [-0.05, 0) is 68.1 Å². The van der Waals surface area contributed by atoms with E-state index < -0.39 is 20.0 Å². The molecule has 0 atom stereocenters. The van der Waals surface area contributed by atoms with Crippen molar-refractivity contribution in [2.75, 3.05) is 15.2 Å². The summed E-state index contributed by atoms with van der Waals surface area (Å²) in [6.07, 6.45) is 5.08. The Hall–Kier alpha value is -2.06. The van der Waals surface area contributed by atoms with Crippen molar-refractivity contribution in [2.24, 2.45) is 0 Å². The summed E-state index contributed by atoms with van der Waals surface area (Å²) in [5.74, 6) is 0.822. The van der Waals surface area contributed by atoms with Crippen molar-refractivity contribution in [3.8, 4) is 11.5 Å². The van der Waals surface area contributed by atoms with E-state index in [1.165, 1.54) is 12.1 Å². The van der Waals surface area contributed by atoms with Gasteiger partial charge in [0.05, 0.1) is 17.2 Å². The Morgan fingerprint density at radius 2 is 1.27 bits per heavy atom. The summed E-state index contributed by atoms with van der Waals surface area (Å²) in [5, 5.41) is 0. The molecule has 33 heavy (non-hydrogen) atoms. The van der Waals surface area contributed by atoms with Crippen LogP contribution >= 0.6 is 0 Å². The number of nitrogens with zero attached hydrogens (tertiary/aromatic N) is 1. The number of ether oxygens (including phenoxy) is 1. The summed E-state index contributed by atoms with van der Waals surface area (Å²) in [6, 6.07) is 12.0. The number of hydrogen-bond donors (Lipinski definition) is 0. The van der Waals surface area contributed by atoms with Gasteiger partial charge in [0.2, 0.25) is 20.0 Å². The van der Waals surface area contributed by atoms with E-state index in [1.54, 1.807) is 12.1 Å². The summed E-state index contributed by atoms with van der Waals surface area (Å²) >= 11 is 0. The van der Waals surface area contributed by atoms with E-state index in [9.17, 15) is 16.8 Å². The maximum Gasteiger partial charge on any atom is 0.248 e. The van der Waals surface area contributed by atoms with Crippen LogP contribution in [0.15, 0.2) is 42.5 Å². The lowest BCUT2D eigenvalue weighted by Crippen LogP contribution is -2.40. The van der Waals surface area contributed by atoms with E-state index in [1.807, 2.05) is 45.9 Å². The summed E-state index contributed by atoms with van der Waals surface area (Å²) in [4.78, 5) is 0. The molecule has 0 saturated heterocycles. The summed E-state index contributed by atoms with van der Waals surface area (Å²) < 4.78 is 59.1. The zero-order valence-electron chi connectivity index (χ0n) is 20.2. The van der Waals surface area contributed by atoms with Crippen LogP contribution in [0.2, 0.25) is 0 Å². The van der Waals surface area contributed by atoms with Crippen molar-refractivity contribution in [1.82, 2.24) is 0 Å². The number of hydrogen-bond acceptors (Lipinski definition) is 5. The van der Waals surface area contributed by atoms with Crippen molar-refractivity contribution in [3.05, 3.63) is 53.6 Å². The molecule has 0 aliphatic carbocycles. The van der Waals surface area contributed by atoms with Crippen molar-refractivity contribution >= 4 is 25.7 Å². The summed E-state index contributed by atoms with van der Waals surface area (Å²) in [6.45, 7) is 7.98. The van der Waals surface area contributed by atoms with E-state index in [0.29, 0.717) is 28.1 Å². The standard InChI is InChI=1S/C25H37NO5S2/c1-5-7-9-11-20-33(29,30)26(32(27,28)19-10-8-6-2)23-15-17-24(18-16-23)31-25-14-12-13-21(3)22(25)4/h12-18H,5-11,19-20H2,1-4H3. The van der Waals surface area contributed by atoms with Crippen molar-refractivity contribution in [3.63, 3.8) is 0 Å². The number of benzene rings is 2. The van der Waals surface area contributed by atoms with Gasteiger partial charge in [0, 0.05) is 0 Å². The Morgan fingerprint density at radius 1 is 0.727 bits per heavy atom. The minimum absolute atomic E-state index is 0.121. The van der Waals surface area contributed by atoms with E-state index in [-0.39, 0.29) is 17.2 Å². The van der Waals surface area contributed by atoms with Crippen LogP contribution in [0.25, 0.3) is 0 Å². The molecule has 0 heterocycles. The second kappa shape index (κ2) is 12.4. The van der Waals surface area contributed by atoms with Crippen molar-refractivity contribution in [1.29, 1.82) is 0 Å². The van der Waals surface area contributed by atoms with E-state index in [4.69, 9.17) is 4.74 Å². The number of sulfonamides is 2. The number of rotatable bonds is 14. The third-order valence-corrected chi connectivity index (χ3v) is 10.0. The highest BCUT2D eigenvalue weighted by atomic mass is 32.3. The second-order valence-corrected chi connectivity index (χ2v) is 12.5. The smallest absolute Gasteiger partial charge is 0.248 e. The Balaban J connectivity index is 2.32. The lowest BCUT2D eigenvalue weighted by Gasteiger charge is -2.24. The van der Waals surface area contributed by atoms with Crippen LogP contribution in [0.4, 0.5) is 5.69 Å². The molecule has 2 rings (SSSR count). The highest BCUT2D eigenvalue weighted by Gasteiger charge is 2.33. The van der Waals surface area contributed by atoms with Gasteiger partial charge in [-0.1, -0.05) is 58.1 Å². The zero-order valence-corrected chi connectivity index (χ0v) is 21.8. The maximum atomic E-state index is 13.1. The molecule has 2 aromatic rings. The van der Waals surface area contributed by atoms with Crippen LogP contribution in [-0.4, -0.2) is 28.3 Å². The number of aryl methyl sites for hydroxylation is 1. The molecular formula is C25H37NO5S2. The molecule has 0 N–H and O–H groups in total. The van der Waals surface area contributed by atoms with Gasteiger partial charge in [0.1, 0.15) is 11.5 Å². The fourth-order valence-corrected chi connectivity index (χ4v) is 7.69. The molecule has 0 aliphatic rings. The third kappa shape index (κ3) is 7.74. The average molecular weight is 496 g/mol. The average Bonchev–Trinajstić information content (AvgIpc) is 2.75. The first-order valence-electron chi connectivity index (χ1n) is 11.7. The predicted octanol–water partition coefficient (Wildman–Crippen LogP) is 6.33. The molecule has 8 heteroatoms. The van der Waals surface area contributed by atoms with Gasteiger partial charge in [-0.25, -0.2) is 16.8 Å². The number of unbranched alkanes of at least 4 members (excludes halogenated alkanes) is 5. The van der Waals surface area contributed by atoms with Gasteiger partial charge in [-0.2, -0.15) is 3.71 Å². The number of anilines is 1. The normalized spacial score (nSPS) is 12.0. The molecule has 0 amide bonds. The summed E-state index contributed by atoms with van der Waals surface area (Å²) in [7, 11) is -8.06. The molecule has 184 valence electrons. The largest absolute Gasteiger partial charge is 0.457 e. The van der Waals surface area contributed by atoms with Crippen LogP contribution < -0.4 is 8.45 Å². The van der Waals surface area contributed by atoms with Crippen molar-refractivity contribution in [2.45, 2.75) is 72.6 Å². The Labute approximate surface area is 200 Å². The molecule has 0 aromatic heterocycles. The lowest BCUT2D eigenvalue weighted by molar-refractivity contribution is 0.478. The first-order chi connectivity index (χ1) is 15.6.